The van der Waals surface area contributed by atoms with Crippen molar-refractivity contribution in [2.24, 2.45) is 0 Å². The van der Waals surface area contributed by atoms with E-state index in [1.165, 1.54) is 43.7 Å². The number of nitrogens with zero attached hydrogens (tertiary/aromatic N) is 5. The lowest BCUT2D eigenvalue weighted by Crippen LogP contribution is -2.04. The second kappa shape index (κ2) is 13.5. The Morgan fingerprint density at radius 2 is 0.793 bits per heavy atom. The van der Waals surface area contributed by atoms with Crippen LogP contribution in [0.2, 0.25) is 0 Å². The monoisotopic (exact) mass is 743 g/mol. The summed E-state index contributed by atoms with van der Waals surface area (Å²) in [4.78, 5) is 15.6. The molecule has 11 aromatic rings. The van der Waals surface area contributed by atoms with E-state index in [0.717, 1.165) is 50.2 Å². The molecule has 3 heterocycles. The fraction of sp³-hybridized carbons (Fsp3) is 0.0377. The zero-order chi connectivity index (χ0) is 38.7. The Hall–Kier alpha value is -7.63. The number of hydrogen-bond donors (Lipinski definition) is 0. The molecule has 0 fully saturated rings. The smallest absolute Gasteiger partial charge is 0.166 e. The lowest BCUT2D eigenvalue weighted by molar-refractivity contribution is 1.06. The molecule has 0 saturated heterocycles. The van der Waals surface area contributed by atoms with Gasteiger partial charge in [0.2, 0.25) is 0 Å². The molecule has 0 aliphatic heterocycles. The summed E-state index contributed by atoms with van der Waals surface area (Å²) in [6.45, 7) is 4.32. The van der Waals surface area contributed by atoms with E-state index in [4.69, 9.17) is 15.0 Å². The summed E-state index contributed by atoms with van der Waals surface area (Å²) in [5.41, 5.74) is 14.2. The van der Waals surface area contributed by atoms with Crippen LogP contribution >= 0.6 is 0 Å². The molecule has 8 aromatic carbocycles. The van der Waals surface area contributed by atoms with Crippen LogP contribution in [0.5, 0.6) is 0 Å². The summed E-state index contributed by atoms with van der Waals surface area (Å²) >= 11 is 0. The molecule has 0 spiro atoms. The molecule has 3 aromatic heterocycles. The van der Waals surface area contributed by atoms with Crippen molar-refractivity contribution in [3.63, 3.8) is 0 Å². The van der Waals surface area contributed by atoms with Crippen molar-refractivity contribution in [2.75, 3.05) is 0 Å². The average Bonchev–Trinajstić information content (AvgIpc) is 3.78. The molecule has 58 heavy (non-hydrogen) atoms. The summed E-state index contributed by atoms with van der Waals surface area (Å²) in [7, 11) is 0. The molecule has 0 aliphatic rings. The van der Waals surface area contributed by atoms with E-state index < -0.39 is 0 Å². The van der Waals surface area contributed by atoms with Crippen molar-refractivity contribution in [3.8, 4) is 56.7 Å². The fourth-order valence-electron chi connectivity index (χ4n) is 8.54. The zero-order valence-electron chi connectivity index (χ0n) is 32.1. The predicted octanol–water partition coefficient (Wildman–Crippen LogP) is 13.4. The fourth-order valence-corrected chi connectivity index (χ4v) is 8.54. The van der Waals surface area contributed by atoms with Gasteiger partial charge in [0.15, 0.2) is 17.5 Å². The number of fused-ring (bicyclic) bond motifs is 6. The highest BCUT2D eigenvalue weighted by Crippen LogP contribution is 2.40. The van der Waals surface area contributed by atoms with Crippen LogP contribution in [0.3, 0.4) is 0 Å². The van der Waals surface area contributed by atoms with Crippen LogP contribution < -0.4 is 0 Å². The maximum atomic E-state index is 5.28. The molecule has 0 radical (unpaired) electrons. The van der Waals surface area contributed by atoms with Crippen molar-refractivity contribution in [3.05, 3.63) is 199 Å². The van der Waals surface area contributed by atoms with Crippen molar-refractivity contribution in [1.29, 1.82) is 0 Å². The molecule has 0 unspecified atom stereocenters. The highest BCUT2D eigenvalue weighted by molar-refractivity contribution is 6.11. The van der Waals surface area contributed by atoms with E-state index in [-0.39, 0.29) is 0 Å². The second-order valence-corrected chi connectivity index (χ2v) is 15.1. The number of aromatic nitrogens is 5. The molecule has 5 nitrogen and oxygen atoms in total. The summed E-state index contributed by atoms with van der Waals surface area (Å²) in [5, 5.41) is 4.86. The van der Waals surface area contributed by atoms with Gasteiger partial charge < -0.3 is 9.13 Å². The second-order valence-electron chi connectivity index (χ2n) is 15.1. The van der Waals surface area contributed by atoms with Crippen molar-refractivity contribution in [1.82, 2.24) is 24.1 Å². The molecular formula is C53H37N5. The molecule has 0 aliphatic carbocycles. The number of benzene rings is 8. The van der Waals surface area contributed by atoms with E-state index in [2.05, 4.69) is 175 Å². The molecule has 0 amide bonds. The van der Waals surface area contributed by atoms with Crippen LogP contribution in [-0.2, 0) is 0 Å². The number of para-hydroxylation sites is 2. The normalized spacial score (nSPS) is 11.6. The maximum Gasteiger partial charge on any atom is 0.166 e. The molecule has 11 rings (SSSR count). The first-order valence-electron chi connectivity index (χ1n) is 19.7. The third-order valence-corrected chi connectivity index (χ3v) is 11.3. The summed E-state index contributed by atoms with van der Waals surface area (Å²) in [6, 6.07) is 66.7. The Morgan fingerprint density at radius 3 is 1.43 bits per heavy atom. The third-order valence-electron chi connectivity index (χ3n) is 11.3. The minimum absolute atomic E-state index is 0.612. The van der Waals surface area contributed by atoms with E-state index in [0.29, 0.717) is 17.5 Å². The Morgan fingerprint density at radius 1 is 0.328 bits per heavy atom. The Bertz CT molecular complexity index is 3230. The Kier molecular flexibility index (Phi) is 7.86. The Balaban J connectivity index is 1.20. The van der Waals surface area contributed by atoms with E-state index in [1.807, 2.05) is 36.4 Å². The van der Waals surface area contributed by atoms with Crippen molar-refractivity contribution in [2.45, 2.75) is 13.8 Å². The lowest BCUT2D eigenvalue weighted by Gasteiger charge is -2.16. The molecule has 0 bridgehead atoms. The van der Waals surface area contributed by atoms with E-state index in [1.54, 1.807) is 0 Å². The van der Waals surface area contributed by atoms with Crippen LogP contribution in [0.1, 0.15) is 11.1 Å². The van der Waals surface area contributed by atoms with Gasteiger partial charge in [0.05, 0.1) is 27.8 Å². The van der Waals surface area contributed by atoms with Gasteiger partial charge in [-0.1, -0.05) is 132 Å². The van der Waals surface area contributed by atoms with Gasteiger partial charge in [-0.2, -0.15) is 0 Å². The van der Waals surface area contributed by atoms with Gasteiger partial charge in [-0.3, -0.25) is 0 Å². The van der Waals surface area contributed by atoms with Crippen LogP contribution in [0.4, 0.5) is 0 Å². The van der Waals surface area contributed by atoms with Crippen LogP contribution in [0, 0.1) is 13.8 Å². The van der Waals surface area contributed by atoms with Crippen molar-refractivity contribution >= 4 is 43.6 Å². The lowest BCUT2D eigenvalue weighted by atomic mass is 9.99. The minimum Gasteiger partial charge on any atom is -0.309 e. The van der Waals surface area contributed by atoms with Gasteiger partial charge in [-0.15, -0.1) is 0 Å². The minimum atomic E-state index is 0.612. The molecule has 5 heteroatoms. The van der Waals surface area contributed by atoms with Gasteiger partial charge in [0.25, 0.3) is 0 Å². The predicted molar refractivity (Wildman–Crippen MR) is 240 cm³/mol. The van der Waals surface area contributed by atoms with Crippen LogP contribution in [0.15, 0.2) is 188 Å². The van der Waals surface area contributed by atoms with Gasteiger partial charge in [0.1, 0.15) is 0 Å². The third kappa shape index (κ3) is 5.59. The Labute approximate surface area is 336 Å². The summed E-state index contributed by atoms with van der Waals surface area (Å²) < 4.78 is 4.74. The zero-order valence-corrected chi connectivity index (χ0v) is 32.1. The van der Waals surface area contributed by atoms with Gasteiger partial charge >= 0.3 is 0 Å². The topological polar surface area (TPSA) is 48.5 Å². The van der Waals surface area contributed by atoms with Gasteiger partial charge in [0, 0.05) is 43.9 Å². The number of aryl methyl sites for hydroxylation is 2. The first kappa shape index (κ1) is 33.7. The largest absolute Gasteiger partial charge is 0.309 e. The van der Waals surface area contributed by atoms with Crippen LogP contribution in [-0.4, -0.2) is 24.1 Å². The van der Waals surface area contributed by atoms with Gasteiger partial charge in [-0.05, 0) is 91.7 Å². The summed E-state index contributed by atoms with van der Waals surface area (Å²) in [5.74, 6) is 1.87. The average molecular weight is 744 g/mol. The van der Waals surface area contributed by atoms with E-state index in [9.17, 15) is 0 Å². The highest BCUT2D eigenvalue weighted by atomic mass is 15.1. The van der Waals surface area contributed by atoms with Crippen LogP contribution in [0.25, 0.3) is 100 Å². The number of rotatable bonds is 6. The molecule has 0 N–H and O–H groups in total. The number of hydrogen-bond acceptors (Lipinski definition) is 3. The summed E-state index contributed by atoms with van der Waals surface area (Å²) in [6.07, 6.45) is 0. The maximum absolute atomic E-state index is 5.28. The quantitative estimate of drug-likeness (QED) is 0.170. The standard InChI is InChI=1S/C53H37N5/c1-34-22-26-48-42(30-34)43-31-35(2)23-27-49(43)58(48)50-29-25-39(38-24-28-47-44(32-38)41-20-12-13-21-46(41)57(47)40-18-10-5-11-19-40)33-45(50)53-55-51(36-14-6-3-7-15-36)54-52(56-53)37-16-8-4-9-17-37/h3-33H,1-2H3. The van der Waals surface area contributed by atoms with E-state index >= 15 is 0 Å². The van der Waals surface area contributed by atoms with Crippen molar-refractivity contribution < 1.29 is 0 Å². The SMILES string of the molecule is Cc1ccc2c(c1)c1cc(C)ccc1n2-c1ccc(-c2ccc3c(c2)c2ccccc2n3-c2ccccc2)cc1-c1nc(-c2ccccc2)nc(-c2ccccc2)n1. The van der Waals surface area contributed by atoms with Gasteiger partial charge in [-0.25, -0.2) is 15.0 Å². The highest BCUT2D eigenvalue weighted by Gasteiger charge is 2.21. The molecule has 0 saturated carbocycles. The molecule has 274 valence electrons. The molecular weight excluding hydrogens is 707 g/mol. The molecule has 0 atom stereocenters. The first-order chi connectivity index (χ1) is 28.6. The first-order valence-corrected chi connectivity index (χ1v) is 19.7.